The van der Waals surface area contributed by atoms with E-state index in [0.29, 0.717) is 42.9 Å². The zero-order valence-electron chi connectivity index (χ0n) is 32.5. The molecule has 5 aromatic rings. The zero-order valence-corrected chi connectivity index (χ0v) is 33.2. The average molecular weight is 731 g/mol. The van der Waals surface area contributed by atoms with E-state index in [1.165, 1.54) is 11.1 Å². The maximum atomic E-state index is 7.82. The van der Waals surface area contributed by atoms with E-state index < -0.39 is 0 Å². The van der Waals surface area contributed by atoms with Gasteiger partial charge in [0.1, 0.15) is 26.4 Å². The Hall–Kier alpha value is -4.81. The van der Waals surface area contributed by atoms with Gasteiger partial charge in [0.15, 0.2) is 23.0 Å². The first-order valence-corrected chi connectivity index (χ1v) is 18.9. The molecule has 5 aromatic carbocycles. The summed E-state index contributed by atoms with van der Waals surface area (Å²) in [5.74, 6) is 2.83. The smallest absolute Gasteiger partial charge is 0.163 e. The molecular formula is C46H51ClN2O4. The quantitative estimate of drug-likeness (QED) is 0.173. The maximum absolute atomic E-state index is 7.82. The largest absolute Gasteiger partial charge is 0.486 e. The molecule has 0 N–H and O–H groups in total. The molecule has 0 fully saturated rings. The summed E-state index contributed by atoms with van der Waals surface area (Å²) < 4.78 is 24.0. The second kappa shape index (κ2) is 13.9. The Balaban J connectivity index is 1.48. The van der Waals surface area contributed by atoms with Gasteiger partial charge in [0.05, 0.1) is 27.8 Å². The van der Waals surface area contributed by atoms with E-state index in [-0.39, 0.29) is 16.2 Å². The lowest BCUT2D eigenvalue weighted by molar-refractivity contribution is 0.171. The summed E-state index contributed by atoms with van der Waals surface area (Å²) in [6, 6.07) is 34.3. The number of fused-ring (bicyclic) bond motifs is 2. The van der Waals surface area contributed by atoms with Crippen molar-refractivity contribution in [2.24, 2.45) is 0 Å². The van der Waals surface area contributed by atoms with Crippen molar-refractivity contribution in [1.29, 1.82) is 0 Å². The van der Waals surface area contributed by atoms with Crippen LogP contribution in [0.25, 0.3) is 0 Å². The summed E-state index contributed by atoms with van der Waals surface area (Å²) in [5, 5.41) is 0.600. The number of nitrogens with zero attached hydrogens (tertiary/aromatic N) is 2. The van der Waals surface area contributed by atoms with Crippen molar-refractivity contribution >= 4 is 45.7 Å². The van der Waals surface area contributed by atoms with E-state index in [2.05, 4.69) is 145 Å². The van der Waals surface area contributed by atoms with Gasteiger partial charge in [0.25, 0.3) is 0 Å². The van der Waals surface area contributed by atoms with Gasteiger partial charge in [0, 0.05) is 23.5 Å². The van der Waals surface area contributed by atoms with Gasteiger partial charge in [0.2, 0.25) is 0 Å². The van der Waals surface area contributed by atoms with Gasteiger partial charge in [-0.15, -0.1) is 0 Å². The molecule has 6 nitrogen and oxygen atoms in total. The number of rotatable bonds is 6. The van der Waals surface area contributed by atoms with E-state index in [1.54, 1.807) is 0 Å². The minimum atomic E-state index is -0.211. The Morgan fingerprint density at radius 2 is 0.717 bits per heavy atom. The predicted molar refractivity (Wildman–Crippen MR) is 219 cm³/mol. The van der Waals surface area contributed by atoms with E-state index >= 15 is 0 Å². The molecule has 0 amide bonds. The minimum absolute atomic E-state index is 0.0163. The second-order valence-electron chi connectivity index (χ2n) is 17.0. The molecule has 0 atom stereocenters. The lowest BCUT2D eigenvalue weighted by atomic mass is 9.85. The molecule has 2 heterocycles. The average Bonchev–Trinajstić information content (AvgIpc) is 3.12. The summed E-state index contributed by atoms with van der Waals surface area (Å²) in [6.45, 7) is 22.2. The fourth-order valence-corrected chi connectivity index (χ4v) is 7.05. The second-order valence-corrected chi connectivity index (χ2v) is 17.4. The summed E-state index contributed by atoms with van der Waals surface area (Å²) in [6.07, 6.45) is 0. The number of anilines is 6. The molecule has 0 aliphatic carbocycles. The molecule has 0 bridgehead atoms. The summed E-state index contributed by atoms with van der Waals surface area (Å²) in [7, 11) is 0. The van der Waals surface area contributed by atoms with Crippen molar-refractivity contribution in [1.82, 2.24) is 0 Å². The first-order chi connectivity index (χ1) is 25.1. The van der Waals surface area contributed by atoms with Gasteiger partial charge >= 0.3 is 0 Å². The van der Waals surface area contributed by atoms with Crippen molar-refractivity contribution in [3.8, 4) is 23.0 Å². The van der Waals surface area contributed by atoms with Crippen LogP contribution in [0.5, 0.6) is 23.0 Å². The highest BCUT2D eigenvalue weighted by atomic mass is 35.5. The standard InChI is InChI=1S/C46H51ClN2O4/c1-44(2,3)30-10-14-33(15-11-30)48(34-16-12-31(13-17-34)45(4,5)6)37-26-32(46(7,8)9)27-38(43(37)47)49(35-18-20-39-41(28-35)52-24-22-50-39)36-19-21-40-42(29-36)53-25-23-51-40/h10-21,26-29H,22-25H2,1-9H3. The highest BCUT2D eigenvalue weighted by Crippen LogP contribution is 2.51. The molecule has 0 radical (unpaired) electrons. The third kappa shape index (κ3) is 7.52. The van der Waals surface area contributed by atoms with Crippen molar-refractivity contribution < 1.29 is 18.9 Å². The van der Waals surface area contributed by atoms with Crippen LogP contribution in [0.2, 0.25) is 5.02 Å². The van der Waals surface area contributed by atoms with Gasteiger partial charge in [-0.3, -0.25) is 0 Å². The van der Waals surface area contributed by atoms with Crippen LogP contribution < -0.4 is 28.7 Å². The summed E-state index contributed by atoms with van der Waals surface area (Å²) >= 11 is 7.82. The Bertz CT molecular complexity index is 1990. The summed E-state index contributed by atoms with van der Waals surface area (Å²) in [4.78, 5) is 4.47. The van der Waals surface area contributed by atoms with Gasteiger partial charge in [-0.05, 0) is 93.6 Å². The Morgan fingerprint density at radius 3 is 1.08 bits per heavy atom. The monoisotopic (exact) mass is 730 g/mol. The van der Waals surface area contributed by atoms with Gasteiger partial charge < -0.3 is 28.7 Å². The van der Waals surface area contributed by atoms with Crippen LogP contribution >= 0.6 is 11.6 Å². The van der Waals surface area contributed by atoms with Gasteiger partial charge in [-0.25, -0.2) is 0 Å². The summed E-state index contributed by atoms with van der Waals surface area (Å²) in [5.41, 5.74) is 8.98. The predicted octanol–water partition coefficient (Wildman–Crippen LogP) is 12.7. The first-order valence-electron chi connectivity index (χ1n) is 18.5. The molecule has 7 rings (SSSR count). The van der Waals surface area contributed by atoms with E-state index in [1.807, 2.05) is 24.3 Å². The Morgan fingerprint density at radius 1 is 0.396 bits per heavy atom. The van der Waals surface area contributed by atoms with Gasteiger partial charge in [-0.2, -0.15) is 0 Å². The van der Waals surface area contributed by atoms with Crippen molar-refractivity contribution in [2.75, 3.05) is 36.2 Å². The molecule has 0 unspecified atom stereocenters. The highest BCUT2D eigenvalue weighted by molar-refractivity contribution is 6.36. The highest BCUT2D eigenvalue weighted by Gasteiger charge is 2.29. The minimum Gasteiger partial charge on any atom is -0.486 e. The molecule has 2 aliphatic rings. The lowest BCUT2D eigenvalue weighted by Gasteiger charge is -2.34. The van der Waals surface area contributed by atoms with E-state index in [4.69, 9.17) is 30.5 Å². The fourth-order valence-electron chi connectivity index (χ4n) is 6.77. The van der Waals surface area contributed by atoms with Crippen molar-refractivity contribution in [2.45, 2.75) is 78.6 Å². The number of halogens is 1. The number of ether oxygens (including phenoxy) is 4. The molecule has 0 spiro atoms. The topological polar surface area (TPSA) is 43.4 Å². The molecule has 2 aliphatic heterocycles. The Kier molecular flexibility index (Phi) is 9.57. The zero-order chi connectivity index (χ0) is 37.7. The van der Waals surface area contributed by atoms with Crippen LogP contribution in [-0.4, -0.2) is 26.4 Å². The Labute approximate surface area is 320 Å². The number of hydrogen-bond acceptors (Lipinski definition) is 6. The normalized spacial score (nSPS) is 14.2. The fraction of sp³-hybridized carbons (Fsp3) is 0.348. The van der Waals surface area contributed by atoms with Crippen LogP contribution in [0.4, 0.5) is 34.1 Å². The van der Waals surface area contributed by atoms with Crippen molar-refractivity contribution in [3.05, 3.63) is 119 Å². The molecule has 53 heavy (non-hydrogen) atoms. The van der Waals surface area contributed by atoms with Crippen LogP contribution in [0, 0.1) is 0 Å². The van der Waals surface area contributed by atoms with E-state index in [9.17, 15) is 0 Å². The molecule has 7 heteroatoms. The molecule has 276 valence electrons. The van der Waals surface area contributed by atoms with E-state index in [0.717, 1.165) is 51.2 Å². The molecule has 0 saturated carbocycles. The van der Waals surface area contributed by atoms with Crippen molar-refractivity contribution in [3.63, 3.8) is 0 Å². The van der Waals surface area contributed by atoms with Crippen LogP contribution in [-0.2, 0) is 16.2 Å². The third-order valence-corrected chi connectivity index (χ3v) is 10.3. The van der Waals surface area contributed by atoms with Crippen LogP contribution in [0.3, 0.4) is 0 Å². The molecular weight excluding hydrogens is 680 g/mol. The number of benzene rings is 5. The molecule has 0 saturated heterocycles. The van der Waals surface area contributed by atoms with Crippen LogP contribution in [0.1, 0.15) is 79.0 Å². The first kappa shape index (κ1) is 36.5. The van der Waals surface area contributed by atoms with Crippen LogP contribution in [0.15, 0.2) is 97.1 Å². The van der Waals surface area contributed by atoms with Gasteiger partial charge in [-0.1, -0.05) is 98.2 Å². The third-order valence-electron chi connectivity index (χ3n) is 9.93. The number of hydrogen-bond donors (Lipinski definition) is 0. The lowest BCUT2D eigenvalue weighted by Crippen LogP contribution is -2.20. The SMILES string of the molecule is CC(C)(C)c1ccc(N(c2ccc(C(C)(C)C)cc2)c2cc(C(C)(C)C)cc(N(c3ccc4c(c3)OCCO4)c3ccc4c(c3)OCCO4)c2Cl)cc1. The molecule has 0 aromatic heterocycles. The maximum Gasteiger partial charge on any atom is 0.163 e.